The van der Waals surface area contributed by atoms with Crippen molar-refractivity contribution >= 4 is 11.6 Å². The van der Waals surface area contributed by atoms with Crippen LogP contribution in [-0.4, -0.2) is 12.1 Å². The highest BCUT2D eigenvalue weighted by Crippen LogP contribution is 2.51. The zero-order valence-corrected chi connectivity index (χ0v) is 8.85. The van der Waals surface area contributed by atoms with E-state index in [1.807, 2.05) is 12.1 Å². The summed E-state index contributed by atoms with van der Waals surface area (Å²) in [5.41, 5.74) is 1.92. The number of hydrogen-bond acceptors (Lipinski definition) is 1. The van der Waals surface area contributed by atoms with Gasteiger partial charge in [0.2, 0.25) is 0 Å². The molecule has 0 aromatic heterocycles. The van der Waals surface area contributed by atoms with E-state index in [0.717, 1.165) is 10.9 Å². The molecule has 1 N–H and O–H groups in total. The van der Waals surface area contributed by atoms with Gasteiger partial charge in [0.05, 0.1) is 0 Å². The van der Waals surface area contributed by atoms with Crippen LogP contribution >= 0.6 is 11.6 Å². The summed E-state index contributed by atoms with van der Waals surface area (Å²) in [7, 11) is 0. The molecule has 1 aromatic rings. The first kappa shape index (κ1) is 8.75. The van der Waals surface area contributed by atoms with Crippen LogP contribution in [0.5, 0.6) is 0 Å². The van der Waals surface area contributed by atoms with Crippen LogP contribution in [0.2, 0.25) is 5.02 Å². The van der Waals surface area contributed by atoms with Crippen molar-refractivity contribution in [2.75, 3.05) is 6.54 Å². The molecule has 2 fully saturated rings. The first-order chi connectivity index (χ1) is 6.80. The lowest BCUT2D eigenvalue weighted by atomic mass is 9.90. The first-order valence-corrected chi connectivity index (χ1v) is 5.68. The van der Waals surface area contributed by atoms with Gasteiger partial charge in [-0.2, -0.15) is 0 Å². The molecule has 0 amide bonds. The molecule has 1 aliphatic heterocycles. The van der Waals surface area contributed by atoms with Gasteiger partial charge in [0.25, 0.3) is 0 Å². The van der Waals surface area contributed by atoms with Gasteiger partial charge < -0.3 is 5.32 Å². The minimum Gasteiger partial charge on any atom is -0.311 e. The van der Waals surface area contributed by atoms with E-state index in [1.165, 1.54) is 31.4 Å². The summed E-state index contributed by atoms with van der Waals surface area (Å²) in [5.74, 6) is 0.722. The Kier molecular flexibility index (Phi) is 1.86. The fourth-order valence-corrected chi connectivity index (χ4v) is 2.83. The third-order valence-corrected chi connectivity index (χ3v) is 3.89. The number of nitrogens with one attached hydrogen (secondary N) is 1. The third-order valence-electron chi connectivity index (χ3n) is 3.64. The fraction of sp³-hybridized carbons (Fsp3) is 0.500. The lowest BCUT2D eigenvalue weighted by Crippen LogP contribution is -2.27. The predicted molar refractivity (Wildman–Crippen MR) is 58.8 cm³/mol. The van der Waals surface area contributed by atoms with Crippen LogP contribution < -0.4 is 5.32 Å². The fourth-order valence-electron chi connectivity index (χ4n) is 2.71. The molecule has 1 aliphatic carbocycles. The topological polar surface area (TPSA) is 12.0 Å². The Labute approximate surface area is 89.5 Å². The lowest BCUT2D eigenvalue weighted by molar-refractivity contribution is 0.535. The second kappa shape index (κ2) is 2.98. The van der Waals surface area contributed by atoms with E-state index in [2.05, 4.69) is 17.4 Å². The Morgan fingerprint density at radius 2 is 1.93 bits per heavy atom. The summed E-state index contributed by atoms with van der Waals surface area (Å²) in [6, 6.07) is 8.37. The standard InChI is InChI=1S/C12H14ClN/c13-10-3-1-9(2-4-10)11-5-8-14-12(11)6-7-12/h1-4,11,14H,5-8H2. The number of hydrogen-bond donors (Lipinski definition) is 1. The summed E-state index contributed by atoms with van der Waals surface area (Å²) in [4.78, 5) is 0. The SMILES string of the molecule is Clc1ccc(C2CCNC23CC3)cc1. The van der Waals surface area contributed by atoms with Crippen molar-refractivity contribution in [2.45, 2.75) is 30.7 Å². The largest absolute Gasteiger partial charge is 0.311 e. The van der Waals surface area contributed by atoms with E-state index in [1.54, 1.807) is 0 Å². The second-order valence-electron chi connectivity index (χ2n) is 4.48. The summed E-state index contributed by atoms with van der Waals surface area (Å²) >= 11 is 5.89. The van der Waals surface area contributed by atoms with Gasteiger partial charge in [-0.3, -0.25) is 0 Å². The average molecular weight is 208 g/mol. The van der Waals surface area contributed by atoms with Gasteiger partial charge in [-0.25, -0.2) is 0 Å². The molecular formula is C12H14ClN. The molecule has 14 heavy (non-hydrogen) atoms. The van der Waals surface area contributed by atoms with Crippen LogP contribution in [0.3, 0.4) is 0 Å². The number of rotatable bonds is 1. The zero-order valence-electron chi connectivity index (χ0n) is 8.09. The van der Waals surface area contributed by atoms with Crippen LogP contribution in [0.15, 0.2) is 24.3 Å². The number of benzene rings is 1. The van der Waals surface area contributed by atoms with Crippen LogP contribution in [-0.2, 0) is 0 Å². The third kappa shape index (κ3) is 1.27. The molecule has 3 rings (SSSR count). The highest BCUT2D eigenvalue weighted by Gasteiger charge is 2.52. The lowest BCUT2D eigenvalue weighted by Gasteiger charge is -2.18. The molecule has 1 unspecified atom stereocenters. The molecule has 1 saturated heterocycles. The summed E-state index contributed by atoms with van der Waals surface area (Å²) < 4.78 is 0. The van der Waals surface area contributed by atoms with Crippen LogP contribution in [0.4, 0.5) is 0 Å². The van der Waals surface area contributed by atoms with E-state index in [0.29, 0.717) is 5.54 Å². The molecule has 1 saturated carbocycles. The summed E-state index contributed by atoms with van der Waals surface area (Å²) in [5, 5.41) is 4.47. The van der Waals surface area contributed by atoms with E-state index < -0.39 is 0 Å². The van der Waals surface area contributed by atoms with Crippen LogP contribution in [0.25, 0.3) is 0 Å². The maximum absolute atomic E-state index is 5.89. The predicted octanol–water partition coefficient (Wildman–Crippen LogP) is 2.95. The normalized spacial score (nSPS) is 28.2. The Morgan fingerprint density at radius 3 is 2.57 bits per heavy atom. The highest BCUT2D eigenvalue weighted by atomic mass is 35.5. The van der Waals surface area contributed by atoms with E-state index in [9.17, 15) is 0 Å². The van der Waals surface area contributed by atoms with Crippen molar-refractivity contribution in [2.24, 2.45) is 0 Å². The minimum atomic E-state index is 0.466. The maximum Gasteiger partial charge on any atom is 0.0406 e. The minimum absolute atomic E-state index is 0.466. The van der Waals surface area contributed by atoms with Crippen LogP contribution in [0.1, 0.15) is 30.7 Å². The van der Waals surface area contributed by atoms with Gasteiger partial charge in [0.15, 0.2) is 0 Å². The molecule has 0 radical (unpaired) electrons. The van der Waals surface area contributed by atoms with Crippen LogP contribution in [0, 0.1) is 0 Å². The molecule has 1 spiro atoms. The van der Waals surface area contributed by atoms with Crippen molar-refractivity contribution in [1.29, 1.82) is 0 Å². The van der Waals surface area contributed by atoms with Gasteiger partial charge >= 0.3 is 0 Å². The van der Waals surface area contributed by atoms with E-state index in [-0.39, 0.29) is 0 Å². The van der Waals surface area contributed by atoms with Crippen molar-refractivity contribution in [1.82, 2.24) is 5.32 Å². The van der Waals surface area contributed by atoms with Gasteiger partial charge in [0.1, 0.15) is 0 Å². The Hall–Kier alpha value is -0.530. The van der Waals surface area contributed by atoms with Gasteiger partial charge in [-0.1, -0.05) is 23.7 Å². The van der Waals surface area contributed by atoms with Crippen molar-refractivity contribution in [3.8, 4) is 0 Å². The smallest absolute Gasteiger partial charge is 0.0406 e. The van der Waals surface area contributed by atoms with Gasteiger partial charge in [-0.05, 0) is 43.5 Å². The molecule has 1 aromatic carbocycles. The average Bonchev–Trinajstić information content (AvgIpc) is 2.82. The Balaban J connectivity index is 1.91. The Morgan fingerprint density at radius 1 is 1.21 bits per heavy atom. The second-order valence-corrected chi connectivity index (χ2v) is 4.91. The Bertz CT molecular complexity index is 340. The molecule has 1 heterocycles. The quantitative estimate of drug-likeness (QED) is 0.747. The van der Waals surface area contributed by atoms with Crippen molar-refractivity contribution in [3.05, 3.63) is 34.9 Å². The molecule has 74 valence electrons. The van der Waals surface area contributed by atoms with E-state index >= 15 is 0 Å². The van der Waals surface area contributed by atoms with Gasteiger partial charge in [0, 0.05) is 16.5 Å². The molecule has 2 aliphatic rings. The maximum atomic E-state index is 5.89. The monoisotopic (exact) mass is 207 g/mol. The molecule has 0 bridgehead atoms. The van der Waals surface area contributed by atoms with Crippen molar-refractivity contribution in [3.63, 3.8) is 0 Å². The van der Waals surface area contributed by atoms with Gasteiger partial charge in [-0.15, -0.1) is 0 Å². The number of halogens is 1. The molecule has 2 heteroatoms. The summed E-state index contributed by atoms with van der Waals surface area (Å²) in [6.45, 7) is 1.17. The summed E-state index contributed by atoms with van der Waals surface area (Å²) in [6.07, 6.45) is 3.97. The molecular weight excluding hydrogens is 194 g/mol. The first-order valence-electron chi connectivity index (χ1n) is 5.31. The van der Waals surface area contributed by atoms with Crippen molar-refractivity contribution < 1.29 is 0 Å². The highest BCUT2D eigenvalue weighted by molar-refractivity contribution is 6.30. The molecule has 1 atom stereocenters. The van der Waals surface area contributed by atoms with E-state index in [4.69, 9.17) is 11.6 Å². The molecule has 1 nitrogen and oxygen atoms in total. The zero-order chi connectivity index (χ0) is 9.60.